The van der Waals surface area contributed by atoms with Gasteiger partial charge in [-0.2, -0.15) is 8.42 Å². The zero-order valence-corrected chi connectivity index (χ0v) is 8.81. The molecule has 1 aromatic rings. The molecule has 8 heteroatoms. The minimum atomic E-state index is -4.03. The van der Waals surface area contributed by atoms with E-state index in [1.165, 1.54) is 0 Å². The quantitative estimate of drug-likeness (QED) is 0.445. The highest BCUT2D eigenvalue weighted by atomic mass is 32.2. The van der Waals surface area contributed by atoms with Gasteiger partial charge in [-0.05, 0) is 12.1 Å². The minimum Gasteiger partial charge on any atom is -0.264 e. The molecule has 1 rings (SSSR count). The molecule has 0 unspecified atom stereocenters. The monoisotopic (exact) mass is 249 g/mol. The van der Waals surface area contributed by atoms with Crippen LogP contribution < -0.4 is 0 Å². The van der Waals surface area contributed by atoms with E-state index in [1.54, 1.807) is 0 Å². The third-order valence-electron chi connectivity index (χ3n) is 1.65. The van der Waals surface area contributed by atoms with Crippen LogP contribution in [0.3, 0.4) is 0 Å². The van der Waals surface area contributed by atoms with Crippen molar-refractivity contribution in [1.82, 2.24) is 0 Å². The van der Waals surface area contributed by atoms with Gasteiger partial charge in [-0.15, -0.1) is 0 Å². The average molecular weight is 249 g/mol. The number of non-ortho nitro benzene ring substituents is 1. The van der Waals surface area contributed by atoms with Crippen LogP contribution in [0.4, 0.5) is 10.1 Å². The molecule has 16 heavy (non-hydrogen) atoms. The van der Waals surface area contributed by atoms with Crippen LogP contribution >= 0.6 is 0 Å². The van der Waals surface area contributed by atoms with Gasteiger partial charge in [0.25, 0.3) is 15.8 Å². The van der Waals surface area contributed by atoms with Gasteiger partial charge in [-0.25, -0.2) is 4.39 Å². The van der Waals surface area contributed by atoms with E-state index >= 15 is 0 Å². The Morgan fingerprint density at radius 3 is 2.31 bits per heavy atom. The molecular formula is C8H8FNO5S. The van der Waals surface area contributed by atoms with Gasteiger partial charge in [0, 0.05) is 12.1 Å². The maximum atomic E-state index is 11.7. The second kappa shape index (κ2) is 4.99. The van der Waals surface area contributed by atoms with E-state index in [0.29, 0.717) is 0 Å². The van der Waals surface area contributed by atoms with Crippen LogP contribution in [-0.2, 0) is 14.3 Å². The predicted octanol–water partition coefficient (Wildman–Crippen LogP) is 1.27. The number of rotatable bonds is 5. The standard InChI is InChI=1S/C8H8FNO5S/c9-5-6-15-16(13,14)8-3-1-7(2-4-8)10(11)12/h1-4H,5-6H2. The maximum Gasteiger partial charge on any atom is 0.297 e. The van der Waals surface area contributed by atoms with Crippen LogP contribution in [0, 0.1) is 10.1 Å². The van der Waals surface area contributed by atoms with E-state index in [9.17, 15) is 22.9 Å². The SMILES string of the molecule is O=[N+]([O-])c1ccc(S(=O)(=O)OCCF)cc1. The highest BCUT2D eigenvalue weighted by Gasteiger charge is 2.16. The molecule has 0 amide bonds. The van der Waals surface area contributed by atoms with E-state index < -0.39 is 28.3 Å². The largest absolute Gasteiger partial charge is 0.297 e. The predicted molar refractivity (Wildman–Crippen MR) is 52.2 cm³/mol. The zero-order chi connectivity index (χ0) is 12.2. The number of nitro groups is 1. The second-order valence-electron chi connectivity index (χ2n) is 2.72. The Morgan fingerprint density at radius 1 is 1.31 bits per heavy atom. The molecule has 1 aromatic carbocycles. The first-order valence-corrected chi connectivity index (χ1v) is 5.58. The van der Waals surface area contributed by atoms with Gasteiger partial charge < -0.3 is 0 Å². The Morgan fingerprint density at radius 2 is 1.88 bits per heavy atom. The number of hydrogen-bond acceptors (Lipinski definition) is 5. The summed E-state index contributed by atoms with van der Waals surface area (Å²) >= 11 is 0. The van der Waals surface area contributed by atoms with E-state index in [1.807, 2.05) is 0 Å². The van der Waals surface area contributed by atoms with Crippen molar-refractivity contribution in [3.63, 3.8) is 0 Å². The summed E-state index contributed by atoms with van der Waals surface area (Å²) in [6.45, 7) is -1.49. The molecule has 88 valence electrons. The van der Waals surface area contributed by atoms with Crippen LogP contribution in [-0.4, -0.2) is 26.6 Å². The molecule has 0 aliphatic carbocycles. The fourth-order valence-electron chi connectivity index (χ4n) is 0.944. The summed E-state index contributed by atoms with van der Waals surface area (Å²) in [5, 5.41) is 10.3. The third-order valence-corrected chi connectivity index (χ3v) is 2.98. The Balaban J connectivity index is 2.93. The molecule has 0 spiro atoms. The number of nitrogens with zero attached hydrogens (tertiary/aromatic N) is 1. The topological polar surface area (TPSA) is 86.5 Å². The molecule has 0 aliphatic rings. The second-order valence-corrected chi connectivity index (χ2v) is 4.33. The van der Waals surface area contributed by atoms with Crippen molar-refractivity contribution in [1.29, 1.82) is 0 Å². The highest BCUT2D eigenvalue weighted by molar-refractivity contribution is 7.86. The summed E-state index contributed by atoms with van der Waals surface area (Å²) in [5.74, 6) is 0. The number of alkyl halides is 1. The normalized spacial score (nSPS) is 11.3. The van der Waals surface area contributed by atoms with Gasteiger partial charge in [0.05, 0.1) is 16.4 Å². The van der Waals surface area contributed by atoms with Crippen molar-refractivity contribution < 1.29 is 21.9 Å². The van der Waals surface area contributed by atoms with Crippen LogP contribution in [0.5, 0.6) is 0 Å². The fourth-order valence-corrected chi connectivity index (χ4v) is 1.83. The zero-order valence-electron chi connectivity index (χ0n) is 8.00. The number of hydrogen-bond donors (Lipinski definition) is 0. The summed E-state index contributed by atoms with van der Waals surface area (Å²) in [5.41, 5.74) is -0.232. The van der Waals surface area contributed by atoms with Crippen molar-refractivity contribution >= 4 is 15.8 Å². The van der Waals surface area contributed by atoms with Gasteiger partial charge in [0.2, 0.25) is 0 Å². The summed E-state index contributed by atoms with van der Waals surface area (Å²) in [6, 6.07) is 4.13. The lowest BCUT2D eigenvalue weighted by Crippen LogP contribution is -2.08. The first kappa shape index (κ1) is 12.5. The summed E-state index contributed by atoms with van der Waals surface area (Å²) < 4.78 is 38.6. The summed E-state index contributed by atoms with van der Waals surface area (Å²) in [4.78, 5) is 9.41. The number of nitro benzene ring substituents is 1. The van der Waals surface area contributed by atoms with Gasteiger partial charge in [0.15, 0.2) is 0 Å². The van der Waals surface area contributed by atoms with Crippen LogP contribution in [0.1, 0.15) is 0 Å². The Bertz CT molecular complexity index is 470. The molecule has 0 heterocycles. The smallest absolute Gasteiger partial charge is 0.264 e. The van der Waals surface area contributed by atoms with Gasteiger partial charge in [-0.3, -0.25) is 14.3 Å². The van der Waals surface area contributed by atoms with Gasteiger partial charge >= 0.3 is 0 Å². The number of benzene rings is 1. The Hall–Kier alpha value is -1.54. The first-order chi connectivity index (χ1) is 7.47. The van der Waals surface area contributed by atoms with Gasteiger partial charge in [-0.1, -0.05) is 0 Å². The van der Waals surface area contributed by atoms with Crippen molar-refractivity contribution in [3.8, 4) is 0 Å². The molecule has 6 nitrogen and oxygen atoms in total. The third kappa shape index (κ3) is 2.97. The summed E-state index contributed by atoms with van der Waals surface area (Å²) in [7, 11) is -4.03. The molecule has 0 atom stereocenters. The van der Waals surface area contributed by atoms with Crippen molar-refractivity contribution in [2.45, 2.75) is 4.90 Å². The Labute approximate surface area is 90.9 Å². The fraction of sp³-hybridized carbons (Fsp3) is 0.250. The molecule has 0 aliphatic heterocycles. The molecule has 0 fully saturated rings. The summed E-state index contributed by atoms with van der Waals surface area (Å²) in [6.07, 6.45) is 0. The number of halogens is 1. The van der Waals surface area contributed by atoms with Crippen molar-refractivity contribution in [3.05, 3.63) is 34.4 Å². The molecule has 0 N–H and O–H groups in total. The van der Waals surface area contributed by atoms with E-state index in [2.05, 4.69) is 4.18 Å². The van der Waals surface area contributed by atoms with Gasteiger partial charge in [0.1, 0.15) is 6.67 Å². The van der Waals surface area contributed by atoms with Crippen molar-refractivity contribution in [2.24, 2.45) is 0 Å². The molecule has 0 aromatic heterocycles. The van der Waals surface area contributed by atoms with Crippen LogP contribution in [0.25, 0.3) is 0 Å². The molecular weight excluding hydrogens is 241 g/mol. The Kier molecular flexibility index (Phi) is 3.91. The lowest BCUT2D eigenvalue weighted by Gasteiger charge is -2.02. The van der Waals surface area contributed by atoms with Crippen LogP contribution in [0.2, 0.25) is 0 Å². The molecule has 0 radical (unpaired) electrons. The minimum absolute atomic E-state index is 0.232. The first-order valence-electron chi connectivity index (χ1n) is 4.17. The molecule has 0 saturated carbocycles. The van der Waals surface area contributed by atoms with E-state index in [0.717, 1.165) is 24.3 Å². The lowest BCUT2D eigenvalue weighted by atomic mass is 10.3. The average Bonchev–Trinajstić information content (AvgIpc) is 2.26. The highest BCUT2D eigenvalue weighted by Crippen LogP contribution is 2.17. The maximum absolute atomic E-state index is 11.7. The van der Waals surface area contributed by atoms with Crippen LogP contribution in [0.15, 0.2) is 29.2 Å². The molecule has 0 bridgehead atoms. The lowest BCUT2D eigenvalue weighted by molar-refractivity contribution is -0.384. The van der Waals surface area contributed by atoms with E-state index in [4.69, 9.17) is 0 Å². The van der Waals surface area contributed by atoms with E-state index in [-0.39, 0.29) is 10.6 Å². The molecule has 0 saturated heterocycles. The van der Waals surface area contributed by atoms with Crippen molar-refractivity contribution in [2.75, 3.05) is 13.3 Å².